The Bertz CT molecular complexity index is 652. The quantitative estimate of drug-likeness (QED) is 0.732. The second-order valence-electron chi connectivity index (χ2n) is 6.29. The summed E-state index contributed by atoms with van der Waals surface area (Å²) in [5, 5.41) is 16.5. The van der Waals surface area contributed by atoms with Gasteiger partial charge in [0, 0.05) is 19.6 Å². The van der Waals surface area contributed by atoms with Gasteiger partial charge >= 0.3 is 0 Å². The minimum atomic E-state index is 0.110. The third-order valence-corrected chi connectivity index (χ3v) is 4.26. The number of morpholine rings is 1. The van der Waals surface area contributed by atoms with Gasteiger partial charge < -0.3 is 4.74 Å². The summed E-state index contributed by atoms with van der Waals surface area (Å²) in [4.78, 5) is 6.70. The van der Waals surface area contributed by atoms with Crippen molar-refractivity contribution in [3.8, 4) is 0 Å². The van der Waals surface area contributed by atoms with Crippen LogP contribution in [0.25, 0.3) is 0 Å². The molecule has 0 spiro atoms. The van der Waals surface area contributed by atoms with Gasteiger partial charge in [-0.1, -0.05) is 13.3 Å². The number of rotatable bonds is 7. The highest BCUT2D eigenvalue weighted by atomic mass is 16.5. The molecule has 3 heterocycles. The zero-order valence-electron chi connectivity index (χ0n) is 14.7. The third-order valence-electron chi connectivity index (χ3n) is 4.26. The highest BCUT2D eigenvalue weighted by Crippen LogP contribution is 2.11. The van der Waals surface area contributed by atoms with E-state index in [2.05, 4.69) is 37.4 Å². The molecule has 132 valence electrons. The number of hydrogen-bond donors (Lipinski definition) is 0. The number of tetrazole rings is 1. The molecule has 24 heavy (non-hydrogen) atoms. The van der Waals surface area contributed by atoms with Crippen LogP contribution >= 0.6 is 0 Å². The summed E-state index contributed by atoms with van der Waals surface area (Å²) >= 11 is 0. The zero-order chi connectivity index (χ0) is 16.9. The molecule has 2 aromatic rings. The van der Waals surface area contributed by atoms with Crippen molar-refractivity contribution < 1.29 is 4.74 Å². The Morgan fingerprint density at radius 3 is 2.88 bits per heavy atom. The van der Waals surface area contributed by atoms with Crippen LogP contribution in [0.3, 0.4) is 0 Å². The Morgan fingerprint density at radius 1 is 1.25 bits per heavy atom. The molecule has 9 nitrogen and oxygen atoms in total. The van der Waals surface area contributed by atoms with Crippen molar-refractivity contribution in [1.29, 1.82) is 0 Å². The fraction of sp³-hybridized carbons (Fsp3) is 0.800. The van der Waals surface area contributed by atoms with Crippen molar-refractivity contribution in [3.05, 3.63) is 17.5 Å². The molecule has 3 rings (SSSR count). The predicted molar refractivity (Wildman–Crippen MR) is 87.2 cm³/mol. The summed E-state index contributed by atoms with van der Waals surface area (Å²) in [5.74, 6) is 2.66. The van der Waals surface area contributed by atoms with Crippen LogP contribution < -0.4 is 0 Å². The molecule has 0 aliphatic carbocycles. The largest absolute Gasteiger partial charge is 0.374 e. The number of aromatic nitrogens is 7. The van der Waals surface area contributed by atoms with E-state index in [0.29, 0.717) is 6.61 Å². The van der Waals surface area contributed by atoms with Gasteiger partial charge in [-0.3, -0.25) is 4.90 Å². The van der Waals surface area contributed by atoms with E-state index >= 15 is 0 Å². The van der Waals surface area contributed by atoms with E-state index in [1.165, 1.54) is 0 Å². The first-order valence-corrected chi connectivity index (χ1v) is 8.62. The Labute approximate surface area is 142 Å². The molecule has 1 aliphatic heterocycles. The molecule has 0 saturated carbocycles. The Hall–Kier alpha value is -1.87. The van der Waals surface area contributed by atoms with E-state index in [0.717, 1.165) is 63.0 Å². The lowest BCUT2D eigenvalue weighted by atomic mass is 10.2. The first kappa shape index (κ1) is 17.0. The minimum Gasteiger partial charge on any atom is -0.374 e. The van der Waals surface area contributed by atoms with Crippen molar-refractivity contribution in [2.45, 2.75) is 59.4 Å². The van der Waals surface area contributed by atoms with Crippen LogP contribution in [0.5, 0.6) is 0 Å². The zero-order valence-corrected chi connectivity index (χ0v) is 14.7. The molecule has 1 saturated heterocycles. The minimum absolute atomic E-state index is 0.110. The van der Waals surface area contributed by atoms with Gasteiger partial charge in [-0.05, 0) is 30.7 Å². The molecule has 1 atom stereocenters. The standard InChI is InChI=1S/C15H26N8O/c1-4-5-6-22-15(17-19-20-22)11-21-7-8-24-14(9-21)10-23-13(3)16-12(2)18-23/h14H,4-11H2,1-3H3/t14-/m0/s1. The molecule has 0 radical (unpaired) electrons. The van der Waals surface area contributed by atoms with Crippen LogP contribution in [0, 0.1) is 13.8 Å². The van der Waals surface area contributed by atoms with Crippen molar-refractivity contribution in [1.82, 2.24) is 39.9 Å². The maximum atomic E-state index is 5.90. The predicted octanol–water partition coefficient (Wildman–Crippen LogP) is 0.583. The van der Waals surface area contributed by atoms with E-state index in [9.17, 15) is 0 Å². The number of aryl methyl sites for hydroxylation is 3. The van der Waals surface area contributed by atoms with Crippen LogP contribution in [0.2, 0.25) is 0 Å². The maximum absolute atomic E-state index is 5.90. The average Bonchev–Trinajstić information content (AvgIpc) is 3.12. The third kappa shape index (κ3) is 4.15. The van der Waals surface area contributed by atoms with E-state index < -0.39 is 0 Å². The van der Waals surface area contributed by atoms with Gasteiger partial charge in [0.1, 0.15) is 11.6 Å². The lowest BCUT2D eigenvalue weighted by molar-refractivity contribution is -0.0415. The SMILES string of the molecule is CCCCn1nnnc1CN1CCO[C@H](Cn2nc(C)nc2C)C1. The molecular formula is C15H26N8O. The molecule has 0 unspecified atom stereocenters. The average molecular weight is 334 g/mol. The van der Waals surface area contributed by atoms with E-state index in [1.807, 2.05) is 23.2 Å². The van der Waals surface area contributed by atoms with Gasteiger partial charge in [0.05, 0.1) is 25.8 Å². The highest BCUT2D eigenvalue weighted by molar-refractivity contribution is 4.89. The van der Waals surface area contributed by atoms with E-state index in [-0.39, 0.29) is 6.10 Å². The molecule has 2 aromatic heterocycles. The summed E-state index contributed by atoms with van der Waals surface area (Å²) in [6.45, 7) is 10.9. The highest BCUT2D eigenvalue weighted by Gasteiger charge is 2.23. The summed E-state index contributed by atoms with van der Waals surface area (Å²) in [5.41, 5.74) is 0. The van der Waals surface area contributed by atoms with Gasteiger partial charge in [0.15, 0.2) is 5.82 Å². The monoisotopic (exact) mass is 334 g/mol. The van der Waals surface area contributed by atoms with Gasteiger partial charge in [-0.25, -0.2) is 14.3 Å². The second-order valence-corrected chi connectivity index (χ2v) is 6.29. The van der Waals surface area contributed by atoms with Crippen LogP contribution in [0.15, 0.2) is 0 Å². The van der Waals surface area contributed by atoms with Gasteiger partial charge in [-0.15, -0.1) is 5.10 Å². The van der Waals surface area contributed by atoms with Crippen LogP contribution in [-0.2, 0) is 24.4 Å². The number of hydrogen-bond acceptors (Lipinski definition) is 7. The summed E-state index contributed by atoms with van der Waals surface area (Å²) < 4.78 is 9.74. The van der Waals surface area contributed by atoms with Crippen LogP contribution in [-0.4, -0.2) is 65.7 Å². The van der Waals surface area contributed by atoms with Crippen LogP contribution in [0.4, 0.5) is 0 Å². The van der Waals surface area contributed by atoms with Gasteiger partial charge in [-0.2, -0.15) is 5.10 Å². The molecular weight excluding hydrogens is 308 g/mol. The maximum Gasteiger partial charge on any atom is 0.165 e. The van der Waals surface area contributed by atoms with E-state index in [1.54, 1.807) is 0 Å². The molecule has 0 aromatic carbocycles. The number of nitrogens with zero attached hydrogens (tertiary/aromatic N) is 8. The summed E-state index contributed by atoms with van der Waals surface area (Å²) in [6, 6.07) is 0. The normalized spacial score (nSPS) is 19.0. The van der Waals surface area contributed by atoms with Crippen molar-refractivity contribution in [3.63, 3.8) is 0 Å². The lowest BCUT2D eigenvalue weighted by Gasteiger charge is -2.32. The topological polar surface area (TPSA) is 86.8 Å². The Kier molecular flexibility index (Phi) is 5.52. The smallest absolute Gasteiger partial charge is 0.165 e. The fourth-order valence-corrected chi connectivity index (χ4v) is 2.98. The van der Waals surface area contributed by atoms with Gasteiger partial charge in [0.25, 0.3) is 0 Å². The van der Waals surface area contributed by atoms with Crippen molar-refractivity contribution in [2.75, 3.05) is 19.7 Å². The fourth-order valence-electron chi connectivity index (χ4n) is 2.98. The lowest BCUT2D eigenvalue weighted by Crippen LogP contribution is -2.44. The Morgan fingerprint density at radius 2 is 2.12 bits per heavy atom. The molecule has 1 fully saturated rings. The summed E-state index contributed by atoms with van der Waals surface area (Å²) in [7, 11) is 0. The molecule has 0 amide bonds. The summed E-state index contributed by atoms with van der Waals surface area (Å²) in [6.07, 6.45) is 2.34. The van der Waals surface area contributed by atoms with E-state index in [4.69, 9.17) is 4.74 Å². The first-order chi connectivity index (χ1) is 11.7. The number of unbranched alkanes of at least 4 members (excludes halogenated alkanes) is 1. The first-order valence-electron chi connectivity index (χ1n) is 8.62. The second kappa shape index (κ2) is 7.80. The Balaban J connectivity index is 1.57. The van der Waals surface area contributed by atoms with Crippen LogP contribution in [0.1, 0.15) is 37.2 Å². The van der Waals surface area contributed by atoms with Crippen molar-refractivity contribution >= 4 is 0 Å². The molecule has 0 bridgehead atoms. The molecule has 1 aliphatic rings. The molecule has 0 N–H and O–H groups in total. The molecule has 9 heteroatoms. The van der Waals surface area contributed by atoms with Crippen molar-refractivity contribution in [2.24, 2.45) is 0 Å². The number of ether oxygens (including phenoxy) is 1. The van der Waals surface area contributed by atoms with Gasteiger partial charge in [0.2, 0.25) is 0 Å².